The van der Waals surface area contributed by atoms with E-state index in [9.17, 15) is 4.79 Å². The summed E-state index contributed by atoms with van der Waals surface area (Å²) in [7, 11) is 0. The molecule has 2 aliphatic rings. The van der Waals surface area contributed by atoms with Crippen molar-refractivity contribution in [2.75, 3.05) is 17.3 Å². The molecule has 1 fully saturated rings. The zero-order valence-corrected chi connectivity index (χ0v) is 12.6. The van der Waals surface area contributed by atoms with Gasteiger partial charge in [-0.25, -0.2) is 0 Å². The molecule has 1 amide bonds. The second-order valence-electron chi connectivity index (χ2n) is 5.09. The van der Waals surface area contributed by atoms with Crippen molar-refractivity contribution in [1.29, 1.82) is 0 Å². The maximum Gasteiger partial charge on any atom is 0.234 e. The van der Waals surface area contributed by atoms with Crippen LogP contribution in [-0.4, -0.2) is 28.4 Å². The van der Waals surface area contributed by atoms with Crippen LogP contribution in [0.2, 0.25) is 0 Å². The number of fused-ring (bicyclic) bond motifs is 1. The van der Waals surface area contributed by atoms with Crippen LogP contribution in [0.3, 0.4) is 0 Å². The molecule has 1 aliphatic heterocycles. The molecule has 1 heterocycles. The summed E-state index contributed by atoms with van der Waals surface area (Å²) in [5, 5.41) is 3.42. The summed E-state index contributed by atoms with van der Waals surface area (Å²) in [5.74, 6) is 3.48. The average Bonchev–Trinajstić information content (AvgIpc) is 2.48. The van der Waals surface area contributed by atoms with Gasteiger partial charge in [-0.1, -0.05) is 24.3 Å². The van der Waals surface area contributed by atoms with Gasteiger partial charge in [0, 0.05) is 17.3 Å². The first-order valence-corrected chi connectivity index (χ1v) is 9.12. The number of carbonyl (C=O) groups is 1. The maximum atomic E-state index is 12.3. The van der Waals surface area contributed by atoms with Crippen LogP contribution < -0.4 is 5.32 Å². The van der Waals surface area contributed by atoms with Crippen LogP contribution in [0.4, 0.5) is 0 Å². The first kappa shape index (κ1) is 13.4. The molecule has 1 saturated heterocycles. The second kappa shape index (κ2) is 6.23. The fourth-order valence-corrected chi connectivity index (χ4v) is 5.37. The van der Waals surface area contributed by atoms with E-state index < -0.39 is 0 Å². The van der Waals surface area contributed by atoms with Crippen molar-refractivity contribution < 1.29 is 4.79 Å². The van der Waals surface area contributed by atoms with Crippen LogP contribution >= 0.6 is 23.5 Å². The Hall–Kier alpha value is -0.610. The molecule has 3 rings (SSSR count). The molecule has 2 atom stereocenters. The highest BCUT2D eigenvalue weighted by molar-refractivity contribution is 8.07. The van der Waals surface area contributed by atoms with Gasteiger partial charge in [0.05, 0.1) is 11.3 Å². The lowest BCUT2D eigenvalue weighted by molar-refractivity contribution is -0.121. The first-order valence-electron chi connectivity index (χ1n) is 6.92. The molecule has 4 heteroatoms. The molecule has 1 aromatic rings. The molecule has 1 aromatic carbocycles. The number of hydrogen-bond donors (Lipinski definition) is 1. The lowest BCUT2D eigenvalue weighted by Crippen LogP contribution is -2.39. The predicted molar refractivity (Wildman–Crippen MR) is 83.8 cm³/mol. The van der Waals surface area contributed by atoms with Gasteiger partial charge in [0.15, 0.2) is 0 Å². The van der Waals surface area contributed by atoms with Gasteiger partial charge in [0.2, 0.25) is 5.91 Å². The SMILES string of the molecule is O=C(N[C@H]1CCCc2ccccc21)[C@H]1CSCCS1. The van der Waals surface area contributed by atoms with Gasteiger partial charge in [-0.3, -0.25) is 4.79 Å². The van der Waals surface area contributed by atoms with Gasteiger partial charge in [-0.05, 0) is 30.4 Å². The average molecular weight is 293 g/mol. The van der Waals surface area contributed by atoms with E-state index in [-0.39, 0.29) is 17.2 Å². The zero-order chi connectivity index (χ0) is 13.1. The fraction of sp³-hybridized carbons (Fsp3) is 0.533. The smallest absolute Gasteiger partial charge is 0.234 e. The highest BCUT2D eigenvalue weighted by atomic mass is 32.2. The van der Waals surface area contributed by atoms with Crippen LogP contribution in [0.25, 0.3) is 0 Å². The van der Waals surface area contributed by atoms with E-state index in [1.165, 1.54) is 23.3 Å². The summed E-state index contributed by atoms with van der Waals surface area (Å²) in [6.07, 6.45) is 3.40. The Morgan fingerprint density at radius 3 is 3.00 bits per heavy atom. The minimum Gasteiger partial charge on any atom is -0.348 e. The van der Waals surface area contributed by atoms with Crippen molar-refractivity contribution in [1.82, 2.24) is 5.32 Å². The van der Waals surface area contributed by atoms with Crippen molar-refractivity contribution in [3.63, 3.8) is 0 Å². The fourth-order valence-electron chi connectivity index (χ4n) is 2.81. The van der Waals surface area contributed by atoms with Gasteiger partial charge >= 0.3 is 0 Å². The van der Waals surface area contributed by atoms with Crippen molar-refractivity contribution in [3.8, 4) is 0 Å². The van der Waals surface area contributed by atoms with Crippen LogP contribution in [0.15, 0.2) is 24.3 Å². The van der Waals surface area contributed by atoms with Crippen molar-refractivity contribution in [2.45, 2.75) is 30.6 Å². The van der Waals surface area contributed by atoms with Gasteiger partial charge in [-0.2, -0.15) is 11.8 Å². The molecule has 0 radical (unpaired) electrons. The number of amides is 1. The monoisotopic (exact) mass is 293 g/mol. The van der Waals surface area contributed by atoms with E-state index in [0.29, 0.717) is 0 Å². The Morgan fingerprint density at radius 1 is 1.26 bits per heavy atom. The Kier molecular flexibility index (Phi) is 4.38. The number of aryl methyl sites for hydroxylation is 1. The van der Waals surface area contributed by atoms with E-state index in [1.54, 1.807) is 0 Å². The van der Waals surface area contributed by atoms with Crippen molar-refractivity contribution in [2.24, 2.45) is 0 Å². The summed E-state index contributed by atoms with van der Waals surface area (Å²) in [6.45, 7) is 0. The Morgan fingerprint density at radius 2 is 2.16 bits per heavy atom. The highest BCUT2D eigenvalue weighted by Gasteiger charge is 2.27. The van der Waals surface area contributed by atoms with Crippen LogP contribution in [0.1, 0.15) is 30.0 Å². The second-order valence-corrected chi connectivity index (χ2v) is 7.55. The molecule has 0 unspecified atom stereocenters. The lowest BCUT2D eigenvalue weighted by Gasteiger charge is -2.29. The van der Waals surface area contributed by atoms with Crippen molar-refractivity contribution in [3.05, 3.63) is 35.4 Å². The minimum absolute atomic E-state index is 0.146. The highest BCUT2D eigenvalue weighted by Crippen LogP contribution is 2.31. The van der Waals surface area contributed by atoms with Gasteiger partial charge in [0.25, 0.3) is 0 Å². The predicted octanol–water partition coefficient (Wildman–Crippen LogP) is 3.03. The van der Waals surface area contributed by atoms with E-state index in [4.69, 9.17) is 0 Å². The number of carbonyl (C=O) groups excluding carboxylic acids is 1. The number of thioether (sulfide) groups is 2. The summed E-state index contributed by atoms with van der Waals surface area (Å²) < 4.78 is 0. The van der Waals surface area contributed by atoms with Crippen LogP contribution in [-0.2, 0) is 11.2 Å². The number of hydrogen-bond acceptors (Lipinski definition) is 3. The molecule has 0 bridgehead atoms. The molecule has 1 N–H and O–H groups in total. The number of benzene rings is 1. The molecule has 0 aromatic heterocycles. The normalized spacial score (nSPS) is 26.5. The van der Waals surface area contributed by atoms with E-state index in [0.717, 1.165) is 24.3 Å². The van der Waals surface area contributed by atoms with Gasteiger partial charge in [-0.15, -0.1) is 11.8 Å². The molecular weight excluding hydrogens is 274 g/mol. The zero-order valence-electron chi connectivity index (χ0n) is 10.9. The molecule has 0 saturated carbocycles. The summed E-state index contributed by atoms with van der Waals surface area (Å²) in [5.41, 5.74) is 2.74. The molecule has 19 heavy (non-hydrogen) atoms. The molecule has 2 nitrogen and oxygen atoms in total. The Labute approximate surface area is 123 Å². The molecule has 0 spiro atoms. The topological polar surface area (TPSA) is 29.1 Å². The van der Waals surface area contributed by atoms with E-state index >= 15 is 0 Å². The summed E-state index contributed by atoms with van der Waals surface area (Å²) in [4.78, 5) is 12.3. The van der Waals surface area contributed by atoms with Crippen LogP contribution in [0.5, 0.6) is 0 Å². The number of nitrogens with one attached hydrogen (secondary N) is 1. The van der Waals surface area contributed by atoms with Crippen LogP contribution in [0, 0.1) is 0 Å². The minimum atomic E-state index is 0.146. The molecule has 102 valence electrons. The summed E-state index contributed by atoms with van der Waals surface area (Å²) in [6, 6.07) is 8.76. The largest absolute Gasteiger partial charge is 0.348 e. The van der Waals surface area contributed by atoms with Crippen molar-refractivity contribution >= 4 is 29.4 Å². The van der Waals surface area contributed by atoms with Gasteiger partial charge < -0.3 is 5.32 Å². The molecular formula is C15H19NOS2. The molecule has 1 aliphatic carbocycles. The third-order valence-electron chi connectivity index (χ3n) is 3.79. The lowest BCUT2D eigenvalue weighted by atomic mass is 9.88. The Balaban J connectivity index is 1.68. The third-order valence-corrected chi connectivity index (χ3v) is 6.55. The number of rotatable bonds is 2. The Bertz CT molecular complexity index is 457. The third kappa shape index (κ3) is 3.11. The summed E-state index contributed by atoms with van der Waals surface area (Å²) >= 11 is 3.71. The standard InChI is InChI=1S/C15H19NOS2/c17-15(14-10-18-8-9-19-14)16-13-7-3-5-11-4-1-2-6-12(11)13/h1-2,4,6,13-14H,3,5,7-10H2,(H,16,17)/t13-,14+/m0/s1. The maximum absolute atomic E-state index is 12.3. The van der Waals surface area contributed by atoms with Gasteiger partial charge in [0.1, 0.15) is 0 Å². The van der Waals surface area contributed by atoms with E-state index in [1.807, 2.05) is 23.5 Å². The van der Waals surface area contributed by atoms with E-state index in [2.05, 4.69) is 29.6 Å². The first-order chi connectivity index (χ1) is 9.34. The quantitative estimate of drug-likeness (QED) is 0.909.